The lowest BCUT2D eigenvalue weighted by Gasteiger charge is -2.57. The second kappa shape index (κ2) is 5.87. The van der Waals surface area contributed by atoms with Crippen molar-refractivity contribution in [2.75, 3.05) is 0 Å². The summed E-state index contributed by atoms with van der Waals surface area (Å²) in [5.74, 6) is 3.40. The number of hydrogen-bond donors (Lipinski definition) is 1. The molecule has 4 aliphatic rings. The molecule has 4 bridgehead atoms. The molecule has 4 aliphatic carbocycles. The van der Waals surface area contributed by atoms with Gasteiger partial charge in [-0.3, -0.25) is 0 Å². The third-order valence-electron chi connectivity index (χ3n) is 6.84. The lowest BCUT2D eigenvalue weighted by Crippen LogP contribution is -2.48. The average Bonchev–Trinajstić information content (AvgIpc) is 2.61. The highest BCUT2D eigenvalue weighted by molar-refractivity contribution is 5.87. The van der Waals surface area contributed by atoms with Crippen LogP contribution in [-0.4, -0.2) is 11.1 Å². The topological polar surface area (TPSA) is 46.5 Å². The summed E-state index contributed by atoms with van der Waals surface area (Å²) in [6.45, 7) is 0. The van der Waals surface area contributed by atoms with Crippen molar-refractivity contribution in [1.82, 2.24) is 0 Å². The van der Waals surface area contributed by atoms with Gasteiger partial charge in [-0.05, 0) is 104 Å². The van der Waals surface area contributed by atoms with Crippen LogP contribution in [0, 0.1) is 17.8 Å². The van der Waals surface area contributed by atoms with Gasteiger partial charge in [0.1, 0.15) is 11.5 Å². The van der Waals surface area contributed by atoms with Gasteiger partial charge in [0, 0.05) is 0 Å². The van der Waals surface area contributed by atoms with E-state index < -0.39 is 5.97 Å². The number of benzene rings is 2. The number of rotatable bonds is 4. The molecule has 26 heavy (non-hydrogen) atoms. The number of carboxylic acids is 1. The van der Waals surface area contributed by atoms with Crippen LogP contribution in [0.25, 0.3) is 0 Å². The summed E-state index contributed by atoms with van der Waals surface area (Å²) in [5.41, 5.74) is 2.18. The molecule has 0 aromatic heterocycles. The van der Waals surface area contributed by atoms with Gasteiger partial charge in [0.15, 0.2) is 0 Å². The molecule has 0 aliphatic heterocycles. The average molecular weight is 348 g/mol. The van der Waals surface area contributed by atoms with Crippen LogP contribution >= 0.6 is 0 Å². The van der Waals surface area contributed by atoms with Gasteiger partial charge >= 0.3 is 5.97 Å². The zero-order chi connectivity index (χ0) is 17.7. The predicted molar refractivity (Wildman–Crippen MR) is 99.8 cm³/mol. The van der Waals surface area contributed by atoms with Gasteiger partial charge in [0.2, 0.25) is 0 Å². The molecule has 0 unspecified atom stereocenters. The van der Waals surface area contributed by atoms with E-state index >= 15 is 0 Å². The van der Waals surface area contributed by atoms with Crippen molar-refractivity contribution >= 4 is 5.97 Å². The largest absolute Gasteiger partial charge is 0.478 e. The molecule has 6 rings (SSSR count). The molecule has 0 spiro atoms. The van der Waals surface area contributed by atoms with E-state index in [0.29, 0.717) is 11.2 Å². The molecule has 0 amide bonds. The molecule has 2 aromatic rings. The van der Waals surface area contributed by atoms with Gasteiger partial charge in [-0.15, -0.1) is 0 Å². The summed E-state index contributed by atoms with van der Waals surface area (Å²) in [7, 11) is 0. The maximum atomic E-state index is 10.9. The first-order valence-electron chi connectivity index (χ1n) is 9.71. The predicted octanol–water partition coefficient (Wildman–Crippen LogP) is 5.64. The number of carbonyl (C=O) groups is 1. The zero-order valence-corrected chi connectivity index (χ0v) is 14.9. The van der Waals surface area contributed by atoms with Crippen molar-refractivity contribution < 1.29 is 14.6 Å². The Morgan fingerprint density at radius 1 is 0.808 bits per heavy atom. The summed E-state index contributed by atoms with van der Waals surface area (Å²) >= 11 is 0. The minimum absolute atomic E-state index is 0.273. The molecular formula is C23H24O3. The monoisotopic (exact) mass is 348 g/mol. The Hall–Kier alpha value is -2.29. The number of ether oxygens (including phenoxy) is 1. The molecule has 4 fully saturated rings. The first-order valence-corrected chi connectivity index (χ1v) is 9.71. The van der Waals surface area contributed by atoms with Crippen LogP contribution in [0.3, 0.4) is 0 Å². The van der Waals surface area contributed by atoms with Gasteiger partial charge in [-0.25, -0.2) is 4.79 Å². The number of aromatic carboxylic acids is 1. The van der Waals surface area contributed by atoms with E-state index in [-0.39, 0.29) is 5.56 Å². The van der Waals surface area contributed by atoms with E-state index in [1.807, 2.05) is 0 Å². The minimum Gasteiger partial charge on any atom is -0.478 e. The van der Waals surface area contributed by atoms with Crippen molar-refractivity contribution in [2.45, 2.75) is 43.9 Å². The Balaban J connectivity index is 1.34. The van der Waals surface area contributed by atoms with E-state index in [0.717, 1.165) is 23.5 Å². The minimum atomic E-state index is -0.920. The van der Waals surface area contributed by atoms with Crippen LogP contribution in [0.4, 0.5) is 0 Å². The summed E-state index contributed by atoms with van der Waals surface area (Å²) in [5, 5.41) is 8.97. The van der Waals surface area contributed by atoms with Crippen molar-refractivity contribution in [2.24, 2.45) is 17.8 Å². The van der Waals surface area contributed by atoms with Crippen molar-refractivity contribution in [1.29, 1.82) is 0 Å². The van der Waals surface area contributed by atoms with Gasteiger partial charge in [0.25, 0.3) is 0 Å². The maximum absolute atomic E-state index is 10.9. The van der Waals surface area contributed by atoms with Crippen LogP contribution < -0.4 is 4.74 Å². The summed E-state index contributed by atoms with van der Waals surface area (Å²) < 4.78 is 5.89. The van der Waals surface area contributed by atoms with Crippen molar-refractivity contribution in [3.05, 3.63) is 59.7 Å². The normalized spacial score (nSPS) is 31.8. The molecule has 3 heteroatoms. The van der Waals surface area contributed by atoms with E-state index in [1.165, 1.54) is 44.1 Å². The van der Waals surface area contributed by atoms with Crippen LogP contribution in [0.15, 0.2) is 48.5 Å². The van der Waals surface area contributed by atoms with Crippen molar-refractivity contribution in [3.63, 3.8) is 0 Å². The highest BCUT2D eigenvalue weighted by atomic mass is 16.5. The third kappa shape index (κ3) is 2.70. The SMILES string of the molecule is O=C(O)c1ccc(Oc2ccc(C34CC5CC(CC(C5)C3)C4)cc2)cc1. The molecular weight excluding hydrogens is 324 g/mol. The Bertz CT molecular complexity index is 784. The molecule has 0 atom stereocenters. The van der Waals surface area contributed by atoms with Gasteiger partial charge in [-0.2, -0.15) is 0 Å². The van der Waals surface area contributed by atoms with Crippen LogP contribution in [0.1, 0.15) is 54.4 Å². The lowest BCUT2D eigenvalue weighted by molar-refractivity contribution is -0.00520. The first kappa shape index (κ1) is 15.9. The van der Waals surface area contributed by atoms with Gasteiger partial charge in [0.05, 0.1) is 5.56 Å². The second-order valence-electron chi connectivity index (χ2n) is 8.65. The van der Waals surface area contributed by atoms with Crippen LogP contribution in [-0.2, 0) is 5.41 Å². The third-order valence-corrected chi connectivity index (χ3v) is 6.84. The number of hydrogen-bond acceptors (Lipinski definition) is 2. The molecule has 4 saturated carbocycles. The highest BCUT2D eigenvalue weighted by Crippen LogP contribution is 2.60. The smallest absolute Gasteiger partial charge is 0.335 e. The summed E-state index contributed by atoms with van der Waals surface area (Å²) in [4.78, 5) is 10.9. The fourth-order valence-corrected chi connectivity index (χ4v) is 6.14. The Morgan fingerprint density at radius 3 is 1.73 bits per heavy atom. The lowest BCUT2D eigenvalue weighted by atomic mass is 9.48. The fourth-order valence-electron chi connectivity index (χ4n) is 6.14. The maximum Gasteiger partial charge on any atom is 0.335 e. The molecule has 0 saturated heterocycles. The standard InChI is InChI=1S/C23H24O3/c24-22(25)18-1-5-20(6-2-18)26-21-7-3-19(4-8-21)23-12-15-9-16(13-23)11-17(10-15)14-23/h1-8,15-17H,9-14H2,(H,24,25). The quantitative estimate of drug-likeness (QED) is 0.777. The van der Waals surface area contributed by atoms with Crippen molar-refractivity contribution in [3.8, 4) is 11.5 Å². The zero-order valence-electron chi connectivity index (χ0n) is 14.9. The fraction of sp³-hybridized carbons (Fsp3) is 0.435. The highest BCUT2D eigenvalue weighted by Gasteiger charge is 2.51. The Kier molecular flexibility index (Phi) is 3.59. The molecule has 0 radical (unpaired) electrons. The molecule has 134 valence electrons. The van der Waals surface area contributed by atoms with Gasteiger partial charge in [-0.1, -0.05) is 12.1 Å². The summed E-state index contributed by atoms with van der Waals surface area (Å²) in [6, 6.07) is 15.2. The molecule has 1 N–H and O–H groups in total. The first-order chi connectivity index (χ1) is 12.6. The molecule has 0 heterocycles. The van der Waals surface area contributed by atoms with Crippen LogP contribution in [0.5, 0.6) is 11.5 Å². The van der Waals surface area contributed by atoms with Gasteiger partial charge < -0.3 is 9.84 Å². The Morgan fingerprint density at radius 2 is 1.27 bits per heavy atom. The van der Waals surface area contributed by atoms with E-state index in [4.69, 9.17) is 9.84 Å². The second-order valence-corrected chi connectivity index (χ2v) is 8.65. The number of carboxylic acid groups (broad SMARTS) is 1. The van der Waals surface area contributed by atoms with E-state index in [9.17, 15) is 4.79 Å². The van der Waals surface area contributed by atoms with Crippen LogP contribution in [0.2, 0.25) is 0 Å². The molecule has 3 nitrogen and oxygen atoms in total. The van der Waals surface area contributed by atoms with E-state index in [2.05, 4.69) is 24.3 Å². The Labute approximate surface area is 154 Å². The summed E-state index contributed by atoms with van der Waals surface area (Å²) in [6.07, 6.45) is 8.51. The molecule has 2 aromatic carbocycles. The van der Waals surface area contributed by atoms with E-state index in [1.54, 1.807) is 24.3 Å².